The first kappa shape index (κ1) is 24.8. The number of aliphatic hydroxyl groups excluding tert-OH is 1. The molecule has 184 valence electrons. The second-order valence-corrected chi connectivity index (χ2v) is 13.7. The maximum absolute atomic E-state index is 10.6. The summed E-state index contributed by atoms with van der Waals surface area (Å²) in [5.74, 6) is 5.31. The van der Waals surface area contributed by atoms with E-state index in [1.54, 1.807) is 11.1 Å². The van der Waals surface area contributed by atoms with Crippen LogP contribution >= 0.6 is 0 Å². The first-order chi connectivity index (χ1) is 15.1. The van der Waals surface area contributed by atoms with Crippen LogP contribution in [0.3, 0.4) is 0 Å². The number of fused-ring (bicyclic) bond motifs is 5. The van der Waals surface area contributed by atoms with Gasteiger partial charge in [0.1, 0.15) is 0 Å². The largest absolute Gasteiger partial charge is 0.393 e. The number of hydrogen-bond acceptors (Lipinski definition) is 2. The van der Waals surface area contributed by atoms with Crippen molar-refractivity contribution in [3.63, 3.8) is 0 Å². The summed E-state index contributed by atoms with van der Waals surface area (Å²) in [6, 6.07) is 0. The molecule has 0 aliphatic heterocycles. The maximum atomic E-state index is 10.6. The minimum absolute atomic E-state index is 0.108. The average Bonchev–Trinajstić information content (AvgIpc) is 3.06. The molecule has 0 bridgehead atoms. The van der Waals surface area contributed by atoms with Crippen LogP contribution in [0.2, 0.25) is 0 Å². The van der Waals surface area contributed by atoms with Gasteiger partial charge in [0.05, 0.1) is 6.10 Å². The molecule has 3 fully saturated rings. The van der Waals surface area contributed by atoms with Gasteiger partial charge in [-0.15, -0.1) is 0 Å². The molecular formula is C30H53NO. The first-order valence-corrected chi connectivity index (χ1v) is 14.1. The van der Waals surface area contributed by atoms with Crippen LogP contribution in [0, 0.1) is 46.3 Å². The minimum atomic E-state index is -0.108. The quantitative estimate of drug-likeness (QED) is 0.417. The zero-order valence-corrected chi connectivity index (χ0v) is 22.4. The molecule has 0 aromatic rings. The Morgan fingerprint density at radius 2 is 1.69 bits per heavy atom. The van der Waals surface area contributed by atoms with Crippen LogP contribution in [-0.2, 0) is 0 Å². The van der Waals surface area contributed by atoms with Crippen molar-refractivity contribution in [1.29, 1.82) is 0 Å². The Bertz CT molecular complexity index is 695. The Balaban J connectivity index is 1.58. The summed E-state index contributed by atoms with van der Waals surface area (Å²) >= 11 is 0. The van der Waals surface area contributed by atoms with Gasteiger partial charge in [-0.05, 0) is 112 Å². The molecule has 2 heteroatoms. The van der Waals surface area contributed by atoms with E-state index in [1.165, 1.54) is 57.8 Å². The molecule has 0 aromatic heterocycles. The number of nitrogens with zero attached hydrogens (tertiary/aromatic N) is 1. The number of rotatable bonds is 7. The molecule has 4 aliphatic rings. The van der Waals surface area contributed by atoms with Gasteiger partial charge >= 0.3 is 0 Å². The molecule has 0 heterocycles. The molecule has 0 saturated heterocycles. The fraction of sp³-hybridized carbons (Fsp3) is 0.933. The average molecular weight is 444 g/mol. The maximum Gasteiger partial charge on any atom is 0.0578 e. The predicted molar refractivity (Wildman–Crippen MR) is 137 cm³/mol. The number of likely N-dealkylation sites (N-methyl/N-ethyl adjacent to an activating group) is 1. The molecule has 3 saturated carbocycles. The highest BCUT2D eigenvalue weighted by Crippen LogP contribution is 2.68. The van der Waals surface area contributed by atoms with E-state index in [0.717, 1.165) is 54.9 Å². The van der Waals surface area contributed by atoms with Crippen molar-refractivity contribution in [3.8, 4) is 0 Å². The van der Waals surface area contributed by atoms with Crippen LogP contribution in [0.25, 0.3) is 0 Å². The lowest BCUT2D eigenvalue weighted by Crippen LogP contribution is -2.52. The molecule has 32 heavy (non-hydrogen) atoms. The van der Waals surface area contributed by atoms with E-state index in [0.29, 0.717) is 10.8 Å². The van der Waals surface area contributed by atoms with Crippen molar-refractivity contribution in [1.82, 2.24) is 4.90 Å². The second-order valence-electron chi connectivity index (χ2n) is 13.7. The normalized spacial score (nSPS) is 42.8. The van der Waals surface area contributed by atoms with E-state index in [9.17, 15) is 5.11 Å². The molecule has 2 nitrogen and oxygen atoms in total. The molecule has 0 radical (unpaired) electrons. The van der Waals surface area contributed by atoms with Gasteiger partial charge in [-0.2, -0.15) is 0 Å². The van der Waals surface area contributed by atoms with E-state index >= 15 is 0 Å². The lowest BCUT2D eigenvalue weighted by Gasteiger charge is -2.59. The zero-order chi connectivity index (χ0) is 23.3. The molecule has 0 unspecified atom stereocenters. The summed E-state index contributed by atoms with van der Waals surface area (Å²) in [6.45, 7) is 13.7. The van der Waals surface area contributed by atoms with Crippen molar-refractivity contribution in [2.45, 2.75) is 111 Å². The van der Waals surface area contributed by atoms with Gasteiger partial charge in [-0.1, -0.05) is 65.0 Å². The summed E-state index contributed by atoms with van der Waals surface area (Å²) in [6.07, 6.45) is 14.4. The second kappa shape index (κ2) is 9.37. The number of hydrogen-bond donors (Lipinski definition) is 1. The van der Waals surface area contributed by atoms with E-state index in [2.05, 4.69) is 53.6 Å². The lowest BCUT2D eigenvalue weighted by molar-refractivity contribution is -0.0603. The Labute approximate surface area is 199 Å². The van der Waals surface area contributed by atoms with Crippen molar-refractivity contribution < 1.29 is 5.11 Å². The van der Waals surface area contributed by atoms with E-state index in [4.69, 9.17) is 0 Å². The van der Waals surface area contributed by atoms with Gasteiger partial charge < -0.3 is 10.0 Å². The van der Waals surface area contributed by atoms with E-state index in [-0.39, 0.29) is 6.10 Å². The highest BCUT2D eigenvalue weighted by Gasteiger charge is 2.60. The Morgan fingerprint density at radius 3 is 2.38 bits per heavy atom. The molecule has 4 rings (SSSR count). The highest BCUT2D eigenvalue weighted by atomic mass is 16.3. The molecule has 8 atom stereocenters. The van der Waals surface area contributed by atoms with Crippen LogP contribution in [0.15, 0.2) is 11.1 Å². The Kier molecular flexibility index (Phi) is 7.25. The van der Waals surface area contributed by atoms with Crippen molar-refractivity contribution >= 4 is 0 Å². The summed E-state index contributed by atoms with van der Waals surface area (Å²) in [7, 11) is 4.46. The predicted octanol–water partition coefficient (Wildman–Crippen LogP) is 7.32. The molecule has 0 spiro atoms. The van der Waals surface area contributed by atoms with Crippen LogP contribution in [0.4, 0.5) is 0 Å². The summed E-state index contributed by atoms with van der Waals surface area (Å²) in [5, 5.41) is 10.6. The topological polar surface area (TPSA) is 23.5 Å². The lowest BCUT2D eigenvalue weighted by atomic mass is 9.46. The zero-order valence-electron chi connectivity index (χ0n) is 22.4. The fourth-order valence-electron chi connectivity index (χ4n) is 9.48. The van der Waals surface area contributed by atoms with Crippen LogP contribution < -0.4 is 0 Å². The van der Waals surface area contributed by atoms with Crippen LogP contribution in [0.1, 0.15) is 105 Å². The summed E-state index contributed by atoms with van der Waals surface area (Å²) in [4.78, 5) is 2.38. The standard InChI is InChI=1S/C30H53NO/c1-20(2)9-8-10-21(3)25-11-12-26-24-17-22(19-31(6)7)28-18-23(32)13-15-30(28,5)27(24)14-16-29(25,26)4/h20-21,23-27,32H,8-19H2,1-7H3/t21-,23+,24+,25-,26+,27+,29-,30-/m1/s1. The van der Waals surface area contributed by atoms with Crippen LogP contribution in [-0.4, -0.2) is 36.8 Å². The highest BCUT2D eigenvalue weighted by molar-refractivity contribution is 5.32. The fourth-order valence-corrected chi connectivity index (χ4v) is 9.48. The number of aliphatic hydroxyl groups is 1. The molecule has 0 amide bonds. The van der Waals surface area contributed by atoms with Gasteiger partial charge in [0, 0.05) is 6.54 Å². The molecule has 1 N–H and O–H groups in total. The summed E-state index contributed by atoms with van der Waals surface area (Å²) < 4.78 is 0. The van der Waals surface area contributed by atoms with E-state index < -0.39 is 0 Å². The Morgan fingerprint density at radius 1 is 0.938 bits per heavy atom. The van der Waals surface area contributed by atoms with Crippen molar-refractivity contribution in [2.75, 3.05) is 20.6 Å². The summed E-state index contributed by atoms with van der Waals surface area (Å²) in [5.41, 5.74) is 4.28. The van der Waals surface area contributed by atoms with Gasteiger partial charge in [0.25, 0.3) is 0 Å². The Hall–Kier alpha value is -0.340. The van der Waals surface area contributed by atoms with Crippen LogP contribution in [0.5, 0.6) is 0 Å². The smallest absolute Gasteiger partial charge is 0.0578 e. The monoisotopic (exact) mass is 443 g/mol. The SMILES string of the molecule is CC(C)CCC[C@@H](C)[C@H]1CC[C@H]2[C@@H]3CC(CN(C)C)=C4C[C@@H](O)CC[C@]4(C)[C@H]3CC[C@]12C. The van der Waals surface area contributed by atoms with Gasteiger partial charge in [-0.3, -0.25) is 0 Å². The third-order valence-electron chi connectivity index (χ3n) is 11.0. The molecule has 0 aromatic carbocycles. The van der Waals surface area contributed by atoms with Crippen molar-refractivity contribution in [2.24, 2.45) is 46.3 Å². The third kappa shape index (κ3) is 4.37. The van der Waals surface area contributed by atoms with Gasteiger partial charge in [-0.25, -0.2) is 0 Å². The molecular weight excluding hydrogens is 390 g/mol. The van der Waals surface area contributed by atoms with Crippen molar-refractivity contribution in [3.05, 3.63) is 11.1 Å². The van der Waals surface area contributed by atoms with Gasteiger partial charge in [0.2, 0.25) is 0 Å². The van der Waals surface area contributed by atoms with Gasteiger partial charge in [0.15, 0.2) is 0 Å². The van der Waals surface area contributed by atoms with E-state index in [1.807, 2.05) is 0 Å². The minimum Gasteiger partial charge on any atom is -0.393 e. The third-order valence-corrected chi connectivity index (χ3v) is 11.0. The molecule has 4 aliphatic carbocycles. The first-order valence-electron chi connectivity index (χ1n) is 14.1.